The van der Waals surface area contributed by atoms with Crippen LogP contribution in [0.5, 0.6) is 0 Å². The van der Waals surface area contributed by atoms with Crippen LogP contribution >= 0.6 is 23.4 Å². The summed E-state index contributed by atoms with van der Waals surface area (Å²) in [5, 5.41) is 3.70. The van der Waals surface area contributed by atoms with Gasteiger partial charge in [-0.05, 0) is 49.2 Å². The molecule has 28 heavy (non-hydrogen) atoms. The number of benzene rings is 2. The first kappa shape index (κ1) is 20.2. The van der Waals surface area contributed by atoms with E-state index in [0.29, 0.717) is 21.4 Å². The minimum Gasteiger partial charge on any atom is -0.465 e. The van der Waals surface area contributed by atoms with Crippen molar-refractivity contribution in [3.63, 3.8) is 0 Å². The Morgan fingerprint density at radius 2 is 1.96 bits per heavy atom. The maximum atomic E-state index is 12.7. The molecule has 8 heteroatoms. The molecule has 0 aromatic heterocycles. The van der Waals surface area contributed by atoms with E-state index in [1.807, 2.05) is 19.1 Å². The van der Waals surface area contributed by atoms with Crippen molar-refractivity contribution in [2.75, 3.05) is 18.2 Å². The number of nitrogens with zero attached hydrogens (tertiary/aromatic N) is 1. The number of nitrogens with two attached hydrogens (primary N) is 1. The van der Waals surface area contributed by atoms with Gasteiger partial charge in [0.25, 0.3) is 5.91 Å². The van der Waals surface area contributed by atoms with E-state index in [1.165, 1.54) is 19.2 Å². The number of esters is 1. The Morgan fingerprint density at radius 1 is 1.25 bits per heavy atom. The molecule has 6 nitrogen and oxygen atoms in total. The van der Waals surface area contributed by atoms with Crippen molar-refractivity contribution in [1.29, 1.82) is 0 Å². The zero-order valence-electron chi connectivity index (χ0n) is 15.5. The monoisotopic (exact) mass is 417 g/mol. The Morgan fingerprint density at radius 3 is 2.61 bits per heavy atom. The highest BCUT2D eigenvalue weighted by molar-refractivity contribution is 8.13. The number of carbonyl (C=O) groups is 2. The fraction of sp³-hybridized carbons (Fsp3) is 0.250. The lowest BCUT2D eigenvalue weighted by Crippen LogP contribution is -2.28. The second kappa shape index (κ2) is 8.24. The predicted octanol–water partition coefficient (Wildman–Crippen LogP) is 4.05. The Labute approximate surface area is 172 Å². The quantitative estimate of drug-likeness (QED) is 0.732. The highest BCUT2D eigenvalue weighted by atomic mass is 35.5. The van der Waals surface area contributed by atoms with Gasteiger partial charge in [-0.15, -0.1) is 0 Å². The van der Waals surface area contributed by atoms with Crippen LogP contribution in [0.4, 0.5) is 5.69 Å². The van der Waals surface area contributed by atoms with Crippen LogP contribution in [0, 0.1) is 0 Å². The minimum absolute atomic E-state index is 0.230. The second-order valence-corrected chi connectivity index (χ2v) is 8.09. The van der Waals surface area contributed by atoms with Crippen molar-refractivity contribution in [3.05, 3.63) is 64.2 Å². The average molecular weight is 418 g/mol. The van der Waals surface area contributed by atoms with Crippen LogP contribution < -0.4 is 11.1 Å². The molecular weight excluding hydrogens is 398 g/mol. The van der Waals surface area contributed by atoms with Crippen LogP contribution in [0.15, 0.2) is 47.5 Å². The lowest BCUT2D eigenvalue weighted by molar-refractivity contribution is 0.0602. The third kappa shape index (κ3) is 4.31. The first-order valence-electron chi connectivity index (χ1n) is 8.60. The van der Waals surface area contributed by atoms with Gasteiger partial charge in [-0.3, -0.25) is 9.79 Å². The molecule has 0 bridgehead atoms. The number of nitrogens with one attached hydrogen (secondary N) is 1. The topological polar surface area (TPSA) is 93.8 Å². The van der Waals surface area contributed by atoms with Crippen LogP contribution in [-0.4, -0.2) is 29.9 Å². The molecule has 146 valence electrons. The standard InChI is InChI=1S/C20H20ClN3O3S/c1-20(9-10-28-19(22)24-20)13-5-3-12(4-6-13)17(25)23-16-11-14(21)7-8-15(16)18(26)27-2/h3-8,11H,9-10H2,1-2H3,(H2,22,24)(H,23,25). The largest absolute Gasteiger partial charge is 0.465 e. The molecule has 1 aliphatic rings. The highest BCUT2D eigenvalue weighted by Gasteiger charge is 2.29. The summed E-state index contributed by atoms with van der Waals surface area (Å²) in [5.74, 6) is -0.00808. The number of hydrogen-bond donors (Lipinski definition) is 2. The van der Waals surface area contributed by atoms with Crippen LogP contribution in [0.25, 0.3) is 0 Å². The average Bonchev–Trinajstić information content (AvgIpc) is 2.67. The fourth-order valence-electron chi connectivity index (χ4n) is 2.98. The Kier molecular flexibility index (Phi) is 5.96. The van der Waals surface area contributed by atoms with E-state index in [4.69, 9.17) is 22.1 Å². The van der Waals surface area contributed by atoms with Crippen LogP contribution in [-0.2, 0) is 10.3 Å². The van der Waals surface area contributed by atoms with Crippen molar-refractivity contribution < 1.29 is 14.3 Å². The van der Waals surface area contributed by atoms with E-state index in [1.54, 1.807) is 30.0 Å². The van der Waals surface area contributed by atoms with Crippen molar-refractivity contribution in [1.82, 2.24) is 0 Å². The molecule has 0 radical (unpaired) electrons. The van der Waals surface area contributed by atoms with Crippen molar-refractivity contribution in [2.45, 2.75) is 18.9 Å². The van der Waals surface area contributed by atoms with Gasteiger partial charge in [-0.1, -0.05) is 35.5 Å². The van der Waals surface area contributed by atoms with Crippen molar-refractivity contribution in [2.24, 2.45) is 10.7 Å². The first-order chi connectivity index (χ1) is 13.3. The number of amidine groups is 1. The molecule has 1 heterocycles. The Balaban J connectivity index is 1.82. The maximum Gasteiger partial charge on any atom is 0.339 e. The van der Waals surface area contributed by atoms with E-state index in [0.717, 1.165) is 17.7 Å². The third-order valence-corrected chi connectivity index (χ3v) is 5.63. The molecule has 0 spiro atoms. The van der Waals surface area contributed by atoms with E-state index >= 15 is 0 Å². The summed E-state index contributed by atoms with van der Waals surface area (Å²) in [6, 6.07) is 11.8. The molecule has 3 rings (SSSR count). The molecule has 0 saturated carbocycles. The Bertz CT molecular complexity index is 946. The predicted molar refractivity (Wildman–Crippen MR) is 113 cm³/mol. The zero-order valence-corrected chi connectivity index (χ0v) is 17.1. The lowest BCUT2D eigenvalue weighted by atomic mass is 9.89. The first-order valence-corrected chi connectivity index (χ1v) is 9.96. The molecule has 3 N–H and O–H groups in total. The second-order valence-electron chi connectivity index (χ2n) is 6.54. The van der Waals surface area contributed by atoms with Gasteiger partial charge in [0.1, 0.15) is 0 Å². The molecular formula is C20H20ClN3O3S. The fourth-order valence-corrected chi connectivity index (χ4v) is 4.12. The summed E-state index contributed by atoms with van der Waals surface area (Å²) in [4.78, 5) is 29.1. The van der Waals surface area contributed by atoms with Crippen LogP contribution in [0.3, 0.4) is 0 Å². The van der Waals surface area contributed by atoms with Crippen molar-refractivity contribution >= 4 is 46.1 Å². The highest BCUT2D eigenvalue weighted by Crippen LogP contribution is 2.35. The van der Waals surface area contributed by atoms with E-state index in [9.17, 15) is 9.59 Å². The number of halogens is 1. The number of aliphatic imine (C=N–C) groups is 1. The summed E-state index contributed by atoms with van der Waals surface area (Å²) in [5.41, 5.74) is 7.45. The summed E-state index contributed by atoms with van der Waals surface area (Å²) in [6.07, 6.45) is 0.870. The summed E-state index contributed by atoms with van der Waals surface area (Å²) in [7, 11) is 1.28. The van der Waals surface area contributed by atoms with Gasteiger partial charge < -0.3 is 15.8 Å². The number of thioether (sulfide) groups is 1. The van der Waals surface area contributed by atoms with Gasteiger partial charge >= 0.3 is 5.97 Å². The molecule has 0 saturated heterocycles. The van der Waals surface area contributed by atoms with E-state index in [2.05, 4.69) is 10.3 Å². The molecule has 1 atom stereocenters. The number of ether oxygens (including phenoxy) is 1. The molecule has 1 aliphatic heterocycles. The number of rotatable bonds is 4. The summed E-state index contributed by atoms with van der Waals surface area (Å²) < 4.78 is 4.75. The SMILES string of the molecule is COC(=O)c1ccc(Cl)cc1NC(=O)c1ccc(C2(C)CCSC(N)=N2)cc1. The number of methoxy groups -OCH3 is 1. The molecule has 1 amide bonds. The van der Waals surface area contributed by atoms with Crippen molar-refractivity contribution in [3.8, 4) is 0 Å². The van der Waals surface area contributed by atoms with Gasteiger partial charge in [-0.25, -0.2) is 4.79 Å². The van der Waals surface area contributed by atoms with Gasteiger partial charge in [0, 0.05) is 16.3 Å². The van der Waals surface area contributed by atoms with Gasteiger partial charge in [0.15, 0.2) is 5.17 Å². The summed E-state index contributed by atoms with van der Waals surface area (Å²) >= 11 is 7.55. The van der Waals surface area contributed by atoms with E-state index in [-0.39, 0.29) is 11.5 Å². The van der Waals surface area contributed by atoms with Gasteiger partial charge in [0.2, 0.25) is 0 Å². The number of hydrogen-bond acceptors (Lipinski definition) is 6. The van der Waals surface area contributed by atoms with Crippen LogP contribution in [0.2, 0.25) is 5.02 Å². The number of anilines is 1. The Hall–Kier alpha value is -2.51. The maximum absolute atomic E-state index is 12.7. The summed E-state index contributed by atoms with van der Waals surface area (Å²) in [6.45, 7) is 2.03. The van der Waals surface area contributed by atoms with Gasteiger partial charge in [-0.2, -0.15) is 0 Å². The normalized spacial score (nSPS) is 18.9. The molecule has 2 aromatic carbocycles. The third-order valence-electron chi connectivity index (χ3n) is 4.60. The van der Waals surface area contributed by atoms with Crippen LogP contribution in [0.1, 0.15) is 39.6 Å². The molecule has 0 fully saturated rings. The minimum atomic E-state index is -0.555. The zero-order chi connectivity index (χ0) is 20.3. The number of carbonyl (C=O) groups excluding carboxylic acids is 2. The molecule has 2 aromatic rings. The number of amides is 1. The van der Waals surface area contributed by atoms with E-state index < -0.39 is 11.5 Å². The molecule has 1 unspecified atom stereocenters. The smallest absolute Gasteiger partial charge is 0.339 e. The molecule has 0 aliphatic carbocycles. The van der Waals surface area contributed by atoms with Gasteiger partial charge in [0.05, 0.1) is 23.9 Å². The lowest BCUT2D eigenvalue weighted by Gasteiger charge is -2.29.